The van der Waals surface area contributed by atoms with Gasteiger partial charge in [0.25, 0.3) is 0 Å². The van der Waals surface area contributed by atoms with Crippen molar-refractivity contribution in [1.82, 2.24) is 0 Å². The molecular formula is C27H32N4O2S4. The van der Waals surface area contributed by atoms with Crippen molar-refractivity contribution >= 4 is 79.1 Å². The number of rotatable bonds is 5. The van der Waals surface area contributed by atoms with E-state index in [1.165, 1.54) is 4.90 Å². The van der Waals surface area contributed by atoms with Crippen LogP contribution in [0.15, 0.2) is 122 Å². The number of nitrogens with two attached hydrogens (primary N) is 2. The van der Waals surface area contributed by atoms with Crippen molar-refractivity contribution in [1.29, 1.82) is 0 Å². The molecule has 7 N–H and O–H groups in total. The molecule has 0 fully saturated rings. The second-order valence-electron chi connectivity index (χ2n) is 6.99. The molecule has 0 saturated heterocycles. The van der Waals surface area contributed by atoms with Gasteiger partial charge in [-0.05, 0) is 104 Å². The third kappa shape index (κ3) is 15.9. The fourth-order valence-electron chi connectivity index (χ4n) is 2.38. The molecule has 37 heavy (non-hydrogen) atoms. The van der Waals surface area contributed by atoms with Crippen molar-refractivity contribution in [3.63, 3.8) is 0 Å². The van der Waals surface area contributed by atoms with Gasteiger partial charge in [-0.2, -0.15) is 0 Å². The molecule has 0 heterocycles. The van der Waals surface area contributed by atoms with Crippen LogP contribution in [0.5, 0.6) is 0 Å². The lowest BCUT2D eigenvalue weighted by molar-refractivity contribution is 0.0773. The maximum absolute atomic E-state index is 7.12. The SMILES string of the molecule is C=Nc1ccc(S)cc1.Nc1ccc(S)cc1.Nc1ccc(SCNc2ccc(S)cc2)cc1.OCO. The predicted molar refractivity (Wildman–Crippen MR) is 169 cm³/mol. The first-order valence-electron chi connectivity index (χ1n) is 10.8. The van der Waals surface area contributed by atoms with E-state index in [2.05, 4.69) is 54.9 Å². The summed E-state index contributed by atoms with van der Waals surface area (Å²) < 4.78 is 0. The number of benzene rings is 4. The van der Waals surface area contributed by atoms with Gasteiger partial charge in [0, 0.05) is 36.6 Å². The molecule has 0 atom stereocenters. The zero-order valence-electron chi connectivity index (χ0n) is 20.1. The van der Waals surface area contributed by atoms with Gasteiger partial charge in [-0.1, -0.05) is 0 Å². The number of nitrogens with one attached hydrogen (secondary N) is 1. The van der Waals surface area contributed by atoms with Gasteiger partial charge in [0.05, 0.1) is 11.6 Å². The number of nitrogens with zero attached hydrogens (tertiary/aromatic N) is 1. The van der Waals surface area contributed by atoms with Gasteiger partial charge in [-0.25, -0.2) is 0 Å². The Morgan fingerprint density at radius 1 is 0.676 bits per heavy atom. The summed E-state index contributed by atoms with van der Waals surface area (Å²) >= 11 is 14.2. The van der Waals surface area contributed by atoms with Crippen molar-refractivity contribution in [3.8, 4) is 0 Å². The largest absolute Gasteiger partial charge is 0.399 e. The monoisotopic (exact) mass is 572 g/mol. The summed E-state index contributed by atoms with van der Waals surface area (Å²) in [7, 11) is 0. The lowest BCUT2D eigenvalue weighted by Gasteiger charge is -2.06. The van der Waals surface area contributed by atoms with E-state index in [1.54, 1.807) is 11.8 Å². The number of aliphatic imine (C=N–C) groups is 1. The molecule has 0 unspecified atom stereocenters. The molecule has 0 bridgehead atoms. The topological polar surface area (TPSA) is 117 Å². The number of aliphatic hydroxyl groups excluding tert-OH is 1. The second-order valence-corrected chi connectivity index (χ2v) is 9.59. The first-order chi connectivity index (χ1) is 17.8. The minimum atomic E-state index is -0.750. The normalized spacial score (nSPS) is 9.32. The van der Waals surface area contributed by atoms with Crippen LogP contribution in [0.25, 0.3) is 0 Å². The van der Waals surface area contributed by atoms with Gasteiger partial charge in [0.2, 0.25) is 0 Å². The molecule has 0 amide bonds. The number of anilines is 3. The Bertz CT molecular complexity index is 1080. The summed E-state index contributed by atoms with van der Waals surface area (Å²) in [5.74, 6) is 0.829. The second kappa shape index (κ2) is 19.4. The first-order valence-corrected chi connectivity index (χ1v) is 13.1. The molecule has 4 aromatic carbocycles. The summed E-state index contributed by atoms with van der Waals surface area (Å²) in [6.45, 7) is 2.64. The van der Waals surface area contributed by atoms with Crippen LogP contribution < -0.4 is 16.8 Å². The van der Waals surface area contributed by atoms with Crippen molar-refractivity contribution in [2.45, 2.75) is 19.6 Å². The average molecular weight is 573 g/mol. The molecule has 4 rings (SSSR count). The van der Waals surface area contributed by atoms with Crippen LogP contribution in [0, 0.1) is 0 Å². The molecule has 0 saturated carbocycles. The molecular weight excluding hydrogens is 541 g/mol. The molecule has 10 heteroatoms. The fraction of sp³-hybridized carbons (Fsp3) is 0.0741. The van der Waals surface area contributed by atoms with E-state index in [0.717, 1.165) is 43.3 Å². The number of thiol groups is 3. The standard InChI is InChI=1S/C13H14N2S2.C7H7NS.C6H7NS.CH4O2/c14-10-1-7-13(8-2-10)17-9-15-11-3-5-12(16)6-4-11;1-8-6-2-4-7(9)5-3-6;7-5-1-3-6(8)4-2-5;2-1-3/h1-8,15-16H,9,14H2;2-5,9H,1H2;1-4,8H,7H2;2-3H,1H2. The Hall–Kier alpha value is -2.73. The zero-order chi connectivity index (χ0) is 27.5. The van der Waals surface area contributed by atoms with Crippen LogP contribution in [0.3, 0.4) is 0 Å². The third-order valence-electron chi connectivity index (χ3n) is 4.19. The summed E-state index contributed by atoms with van der Waals surface area (Å²) in [6, 6.07) is 30.7. The Balaban J connectivity index is 0.000000288. The molecule has 0 aromatic heterocycles. The van der Waals surface area contributed by atoms with Gasteiger partial charge in [-0.15, -0.1) is 49.6 Å². The predicted octanol–water partition coefficient (Wildman–Crippen LogP) is 6.51. The van der Waals surface area contributed by atoms with Gasteiger partial charge in [-0.3, -0.25) is 4.99 Å². The van der Waals surface area contributed by atoms with E-state index in [4.69, 9.17) is 21.7 Å². The van der Waals surface area contributed by atoms with E-state index in [-0.39, 0.29) is 0 Å². The average Bonchev–Trinajstić information content (AvgIpc) is 2.90. The van der Waals surface area contributed by atoms with Crippen molar-refractivity contribution in [2.75, 3.05) is 29.5 Å². The van der Waals surface area contributed by atoms with Crippen LogP contribution in [-0.4, -0.2) is 29.6 Å². The summed E-state index contributed by atoms with van der Waals surface area (Å²) in [5.41, 5.74) is 14.6. The minimum absolute atomic E-state index is 0.750. The Kier molecular flexibility index (Phi) is 16.9. The fourth-order valence-corrected chi connectivity index (χ4v) is 3.56. The lowest BCUT2D eigenvalue weighted by Crippen LogP contribution is -1.96. The van der Waals surface area contributed by atoms with Crippen LogP contribution in [-0.2, 0) is 0 Å². The summed E-state index contributed by atoms with van der Waals surface area (Å²) in [5, 5.41) is 17.6. The summed E-state index contributed by atoms with van der Waals surface area (Å²) in [4.78, 5) is 7.80. The van der Waals surface area contributed by atoms with Crippen LogP contribution in [0.1, 0.15) is 0 Å². The number of aliphatic hydroxyl groups is 2. The lowest BCUT2D eigenvalue weighted by atomic mass is 10.3. The van der Waals surface area contributed by atoms with Gasteiger partial charge in [0.1, 0.15) is 6.79 Å². The Labute approximate surface area is 239 Å². The molecule has 0 spiro atoms. The number of hydrogen-bond acceptors (Lipinski definition) is 10. The highest BCUT2D eigenvalue weighted by atomic mass is 32.2. The quantitative estimate of drug-likeness (QED) is 0.0454. The first kappa shape index (κ1) is 32.3. The molecule has 0 aliphatic heterocycles. The van der Waals surface area contributed by atoms with Crippen LogP contribution in [0.4, 0.5) is 22.7 Å². The molecule has 0 radical (unpaired) electrons. The van der Waals surface area contributed by atoms with Gasteiger partial charge < -0.3 is 27.0 Å². The van der Waals surface area contributed by atoms with Crippen LogP contribution in [0.2, 0.25) is 0 Å². The van der Waals surface area contributed by atoms with Crippen molar-refractivity contribution in [2.24, 2.45) is 4.99 Å². The van der Waals surface area contributed by atoms with E-state index in [9.17, 15) is 0 Å². The van der Waals surface area contributed by atoms with E-state index in [0.29, 0.717) is 0 Å². The molecule has 4 aromatic rings. The Morgan fingerprint density at radius 2 is 1.05 bits per heavy atom. The number of thioether (sulfide) groups is 1. The smallest absolute Gasteiger partial charge is 0.140 e. The maximum Gasteiger partial charge on any atom is 0.140 e. The summed E-state index contributed by atoms with van der Waals surface area (Å²) in [6.07, 6.45) is 0. The zero-order valence-corrected chi connectivity index (χ0v) is 23.6. The van der Waals surface area contributed by atoms with Gasteiger partial charge >= 0.3 is 0 Å². The molecule has 0 aliphatic rings. The number of nitrogen functional groups attached to an aromatic ring is 2. The van der Waals surface area contributed by atoms with Gasteiger partial charge in [0.15, 0.2) is 0 Å². The van der Waals surface area contributed by atoms with Crippen LogP contribution >= 0.6 is 49.6 Å². The third-order valence-corrected chi connectivity index (χ3v) is 5.98. The molecule has 196 valence electrons. The molecule has 6 nitrogen and oxygen atoms in total. The highest BCUT2D eigenvalue weighted by Gasteiger charge is 1.95. The van der Waals surface area contributed by atoms with Crippen molar-refractivity contribution < 1.29 is 10.2 Å². The highest BCUT2D eigenvalue weighted by Crippen LogP contribution is 2.20. The minimum Gasteiger partial charge on any atom is -0.399 e. The molecule has 0 aliphatic carbocycles. The number of hydrogen-bond donors (Lipinski definition) is 8. The Morgan fingerprint density at radius 3 is 1.46 bits per heavy atom. The highest BCUT2D eigenvalue weighted by molar-refractivity contribution is 7.99. The van der Waals surface area contributed by atoms with E-state index >= 15 is 0 Å². The van der Waals surface area contributed by atoms with E-state index < -0.39 is 6.79 Å². The van der Waals surface area contributed by atoms with Crippen molar-refractivity contribution in [3.05, 3.63) is 97.1 Å². The maximum atomic E-state index is 7.12. The van der Waals surface area contributed by atoms with E-state index in [1.807, 2.05) is 97.1 Å².